The van der Waals surface area contributed by atoms with Crippen molar-refractivity contribution in [2.45, 2.75) is 392 Å². The third-order valence-corrected chi connectivity index (χ3v) is 16.0. The average Bonchev–Trinajstić information content (AvgIpc) is 3.41. The molecule has 0 aliphatic heterocycles. The van der Waals surface area contributed by atoms with Crippen molar-refractivity contribution in [1.29, 1.82) is 0 Å². The van der Waals surface area contributed by atoms with Crippen LogP contribution in [0.4, 0.5) is 0 Å². The van der Waals surface area contributed by atoms with Crippen LogP contribution in [0.5, 0.6) is 0 Å². The van der Waals surface area contributed by atoms with Gasteiger partial charge in [0, 0.05) is 12.8 Å². The van der Waals surface area contributed by atoms with Crippen molar-refractivity contribution in [3.8, 4) is 0 Å². The Kier molecular flexibility index (Phi) is 63.4. The van der Waals surface area contributed by atoms with Gasteiger partial charge >= 0.3 is 5.97 Å². The number of nitrogens with one attached hydrogen (secondary N) is 1. The smallest absolute Gasteiger partial charge is 0.305 e. The second-order valence-corrected chi connectivity index (χ2v) is 23.5. The van der Waals surface area contributed by atoms with E-state index in [0.717, 1.165) is 44.9 Å². The number of rotatable bonds is 64. The van der Waals surface area contributed by atoms with Gasteiger partial charge in [-0.1, -0.05) is 334 Å². The lowest BCUT2D eigenvalue weighted by atomic mass is 10.0. The van der Waals surface area contributed by atoms with Gasteiger partial charge in [-0.25, -0.2) is 0 Å². The Morgan fingerprint density at radius 2 is 0.627 bits per heavy atom. The summed E-state index contributed by atoms with van der Waals surface area (Å²) in [5.41, 5.74) is 0. The van der Waals surface area contributed by atoms with Gasteiger partial charge in [0.25, 0.3) is 0 Å². The SMILES string of the molecule is CCCCCCCCCCCCCCCCCCCCCCCC/C=C/C(O)C(CO)NC(=O)CCCCCCCCC/C=C\CCCCCCCCCCCOC(=O)CCCCCCCCCCCCCCCC. The molecule has 0 radical (unpaired) electrons. The van der Waals surface area contributed by atoms with E-state index < -0.39 is 12.1 Å². The normalized spacial score (nSPS) is 12.6. The van der Waals surface area contributed by atoms with Crippen molar-refractivity contribution in [3.63, 3.8) is 0 Å². The number of unbranched alkanes of at least 4 members (excludes halogenated alkanes) is 51. The lowest BCUT2D eigenvalue weighted by Gasteiger charge is -2.20. The summed E-state index contributed by atoms with van der Waals surface area (Å²) in [5.74, 6) is -0.0638. The molecule has 0 heterocycles. The molecule has 75 heavy (non-hydrogen) atoms. The van der Waals surface area contributed by atoms with Gasteiger partial charge in [-0.2, -0.15) is 0 Å². The van der Waals surface area contributed by atoms with Gasteiger partial charge in [0.05, 0.1) is 25.4 Å². The zero-order valence-electron chi connectivity index (χ0n) is 50.8. The van der Waals surface area contributed by atoms with Crippen molar-refractivity contribution in [2.24, 2.45) is 0 Å². The maximum atomic E-state index is 12.5. The molecule has 0 aliphatic rings. The molecule has 0 aromatic rings. The zero-order valence-corrected chi connectivity index (χ0v) is 50.8. The van der Waals surface area contributed by atoms with Crippen molar-refractivity contribution < 1.29 is 24.5 Å². The fourth-order valence-corrected chi connectivity index (χ4v) is 10.7. The first-order chi connectivity index (χ1) is 37.0. The van der Waals surface area contributed by atoms with Crippen LogP contribution in [-0.2, 0) is 14.3 Å². The van der Waals surface area contributed by atoms with Crippen molar-refractivity contribution >= 4 is 11.9 Å². The van der Waals surface area contributed by atoms with E-state index in [0.29, 0.717) is 19.4 Å². The second-order valence-electron chi connectivity index (χ2n) is 23.5. The number of aliphatic hydroxyl groups is 2. The first-order valence-electron chi connectivity index (χ1n) is 34.1. The largest absolute Gasteiger partial charge is 0.466 e. The Bertz CT molecular complexity index is 1170. The summed E-state index contributed by atoms with van der Waals surface area (Å²) in [6.07, 6.45) is 81.0. The van der Waals surface area contributed by atoms with Crippen LogP contribution in [0.15, 0.2) is 24.3 Å². The van der Waals surface area contributed by atoms with Gasteiger partial charge in [0.2, 0.25) is 5.91 Å². The number of amides is 1. The van der Waals surface area contributed by atoms with E-state index in [9.17, 15) is 19.8 Å². The summed E-state index contributed by atoms with van der Waals surface area (Å²) in [7, 11) is 0. The lowest BCUT2D eigenvalue weighted by Crippen LogP contribution is -2.45. The van der Waals surface area contributed by atoms with E-state index in [1.807, 2.05) is 6.08 Å². The van der Waals surface area contributed by atoms with Crippen LogP contribution in [0, 0.1) is 0 Å². The van der Waals surface area contributed by atoms with E-state index in [-0.39, 0.29) is 18.5 Å². The molecule has 1 amide bonds. The standard InChI is InChI=1S/C69H133NO5/c1-3-5-7-9-11-13-15-17-19-20-21-22-23-24-25-28-31-34-37-41-45-49-53-57-61-67(72)66(65-71)70-68(73)62-58-54-50-46-42-38-35-32-29-26-27-30-33-36-40-44-48-52-56-60-64-75-69(74)63-59-55-51-47-43-39-18-16-14-12-10-8-6-4-2/h26,29,57,61,66-67,71-72H,3-25,27-28,30-56,58-60,62-65H2,1-2H3,(H,70,73)/b29-26-,61-57+. The minimum atomic E-state index is -0.851. The third-order valence-electron chi connectivity index (χ3n) is 16.0. The highest BCUT2D eigenvalue weighted by atomic mass is 16.5. The maximum Gasteiger partial charge on any atom is 0.305 e. The minimum absolute atomic E-state index is 0.00862. The molecule has 0 aliphatic carbocycles. The third kappa shape index (κ3) is 61.4. The number of allylic oxidation sites excluding steroid dienone is 3. The van der Waals surface area contributed by atoms with Crippen LogP contribution < -0.4 is 5.32 Å². The summed E-state index contributed by atoms with van der Waals surface area (Å²) in [6, 6.07) is -0.635. The highest BCUT2D eigenvalue weighted by molar-refractivity contribution is 5.76. The first kappa shape index (κ1) is 73.3. The molecule has 0 fully saturated rings. The van der Waals surface area contributed by atoms with Crippen LogP contribution in [0.2, 0.25) is 0 Å². The molecule has 3 N–H and O–H groups in total. The minimum Gasteiger partial charge on any atom is -0.466 e. The molecule has 0 saturated carbocycles. The Morgan fingerprint density at radius 3 is 0.947 bits per heavy atom. The van der Waals surface area contributed by atoms with Gasteiger partial charge in [-0.3, -0.25) is 9.59 Å². The Labute approximate surface area is 469 Å². The maximum absolute atomic E-state index is 12.5. The van der Waals surface area contributed by atoms with Gasteiger partial charge in [0.1, 0.15) is 0 Å². The van der Waals surface area contributed by atoms with Crippen LogP contribution in [-0.4, -0.2) is 47.4 Å². The molecule has 444 valence electrons. The van der Waals surface area contributed by atoms with Crippen molar-refractivity contribution in [2.75, 3.05) is 13.2 Å². The molecule has 0 spiro atoms. The Morgan fingerprint density at radius 1 is 0.360 bits per heavy atom. The second kappa shape index (κ2) is 64.9. The van der Waals surface area contributed by atoms with E-state index in [2.05, 4.69) is 31.3 Å². The average molecular weight is 1060 g/mol. The highest BCUT2D eigenvalue weighted by Crippen LogP contribution is 2.18. The van der Waals surface area contributed by atoms with Gasteiger partial charge in [-0.05, 0) is 57.8 Å². The number of carbonyl (C=O) groups is 2. The van der Waals surface area contributed by atoms with Crippen molar-refractivity contribution in [1.82, 2.24) is 5.32 Å². The summed E-state index contributed by atoms with van der Waals surface area (Å²) in [5, 5.41) is 23.3. The number of esters is 1. The highest BCUT2D eigenvalue weighted by Gasteiger charge is 2.18. The van der Waals surface area contributed by atoms with Crippen LogP contribution in [0.3, 0.4) is 0 Å². The van der Waals surface area contributed by atoms with Crippen LogP contribution >= 0.6 is 0 Å². The fraction of sp³-hybridized carbons (Fsp3) is 0.913. The summed E-state index contributed by atoms with van der Waals surface area (Å²) in [6.45, 7) is 4.93. The molecule has 6 heteroatoms. The van der Waals surface area contributed by atoms with Crippen molar-refractivity contribution in [3.05, 3.63) is 24.3 Å². The number of hydrogen-bond acceptors (Lipinski definition) is 5. The Balaban J connectivity index is 3.45. The first-order valence-corrected chi connectivity index (χ1v) is 34.1. The topological polar surface area (TPSA) is 95.9 Å². The molecule has 0 aromatic heterocycles. The number of carbonyl (C=O) groups excluding carboxylic acids is 2. The lowest BCUT2D eigenvalue weighted by molar-refractivity contribution is -0.143. The van der Waals surface area contributed by atoms with Crippen LogP contribution in [0.1, 0.15) is 380 Å². The molecule has 6 nitrogen and oxygen atoms in total. The molecular weight excluding hydrogens is 923 g/mol. The summed E-state index contributed by atoms with van der Waals surface area (Å²) in [4.78, 5) is 24.6. The molecule has 2 unspecified atom stereocenters. The molecule has 0 bridgehead atoms. The van der Waals surface area contributed by atoms with E-state index >= 15 is 0 Å². The Hall–Kier alpha value is -1.66. The fourth-order valence-electron chi connectivity index (χ4n) is 10.7. The molecule has 0 saturated heterocycles. The summed E-state index contributed by atoms with van der Waals surface area (Å²) >= 11 is 0. The van der Waals surface area contributed by atoms with Crippen LogP contribution in [0.25, 0.3) is 0 Å². The van der Waals surface area contributed by atoms with Gasteiger partial charge in [-0.15, -0.1) is 0 Å². The summed E-state index contributed by atoms with van der Waals surface area (Å²) < 4.78 is 5.48. The zero-order chi connectivity index (χ0) is 54.3. The number of aliphatic hydroxyl groups excluding tert-OH is 2. The molecule has 0 aromatic carbocycles. The predicted molar refractivity (Wildman–Crippen MR) is 329 cm³/mol. The van der Waals surface area contributed by atoms with Gasteiger partial charge in [0.15, 0.2) is 0 Å². The number of hydrogen-bond donors (Lipinski definition) is 3. The molecule has 2 atom stereocenters. The van der Waals surface area contributed by atoms with E-state index in [1.165, 1.54) is 308 Å². The van der Waals surface area contributed by atoms with Gasteiger partial charge < -0.3 is 20.3 Å². The van der Waals surface area contributed by atoms with E-state index in [4.69, 9.17) is 4.74 Å². The predicted octanol–water partition coefficient (Wildman–Crippen LogP) is 21.8. The quantitative estimate of drug-likeness (QED) is 0.0320. The molecular formula is C69H133NO5. The monoisotopic (exact) mass is 1060 g/mol. The number of ether oxygens (including phenoxy) is 1. The molecule has 0 rings (SSSR count). The van der Waals surface area contributed by atoms with E-state index in [1.54, 1.807) is 6.08 Å².